The van der Waals surface area contributed by atoms with Crippen LogP contribution in [0.25, 0.3) is 0 Å². The largest absolute Gasteiger partial charge is 0.383 e. The van der Waals surface area contributed by atoms with Crippen LogP contribution in [-0.4, -0.2) is 38.0 Å². The van der Waals surface area contributed by atoms with Gasteiger partial charge in [-0.05, 0) is 25.7 Å². The molecule has 1 aromatic heterocycles. The van der Waals surface area contributed by atoms with Gasteiger partial charge >= 0.3 is 0 Å². The van der Waals surface area contributed by atoms with E-state index >= 15 is 0 Å². The van der Waals surface area contributed by atoms with Gasteiger partial charge in [-0.1, -0.05) is 13.8 Å². The predicted molar refractivity (Wildman–Crippen MR) is 82.2 cm³/mol. The molecule has 2 atom stereocenters. The SMILES string of the molecule is COCCNC1(c2nc(C)cs2)CCOC(C(C)C)C1. The van der Waals surface area contributed by atoms with Crippen molar-refractivity contribution in [3.05, 3.63) is 16.1 Å². The zero-order chi connectivity index (χ0) is 14.6. The maximum atomic E-state index is 5.93. The van der Waals surface area contributed by atoms with Crippen LogP contribution in [0, 0.1) is 12.8 Å². The van der Waals surface area contributed by atoms with Gasteiger partial charge in [-0.3, -0.25) is 0 Å². The second-order valence-corrected chi connectivity index (χ2v) is 6.76. The number of methoxy groups -OCH3 is 1. The molecule has 0 aromatic carbocycles. The molecule has 0 amide bonds. The van der Waals surface area contributed by atoms with Crippen molar-refractivity contribution in [3.8, 4) is 0 Å². The lowest BCUT2D eigenvalue weighted by Gasteiger charge is -2.41. The van der Waals surface area contributed by atoms with Crippen LogP contribution in [0.2, 0.25) is 0 Å². The van der Waals surface area contributed by atoms with E-state index in [4.69, 9.17) is 14.5 Å². The second kappa shape index (κ2) is 6.98. The van der Waals surface area contributed by atoms with Gasteiger partial charge in [0.1, 0.15) is 5.01 Å². The van der Waals surface area contributed by atoms with Crippen LogP contribution in [0.3, 0.4) is 0 Å². The first-order chi connectivity index (χ1) is 9.57. The monoisotopic (exact) mass is 298 g/mol. The highest BCUT2D eigenvalue weighted by atomic mass is 32.1. The van der Waals surface area contributed by atoms with E-state index in [1.807, 2.05) is 0 Å². The summed E-state index contributed by atoms with van der Waals surface area (Å²) in [5.41, 5.74) is 1.05. The molecule has 114 valence electrons. The summed E-state index contributed by atoms with van der Waals surface area (Å²) in [6.07, 6.45) is 2.26. The summed E-state index contributed by atoms with van der Waals surface area (Å²) in [5.74, 6) is 0.528. The van der Waals surface area contributed by atoms with Crippen molar-refractivity contribution >= 4 is 11.3 Å². The summed E-state index contributed by atoms with van der Waals surface area (Å²) in [7, 11) is 1.74. The fourth-order valence-electron chi connectivity index (χ4n) is 2.71. The number of hydrogen-bond donors (Lipinski definition) is 1. The maximum Gasteiger partial charge on any atom is 0.113 e. The Balaban J connectivity index is 2.19. The van der Waals surface area contributed by atoms with Crippen LogP contribution >= 0.6 is 11.3 Å². The summed E-state index contributed by atoms with van der Waals surface area (Å²) in [4.78, 5) is 4.74. The molecule has 0 aliphatic carbocycles. The molecule has 1 N–H and O–H groups in total. The minimum atomic E-state index is -0.0509. The third kappa shape index (κ3) is 3.58. The van der Waals surface area contributed by atoms with Crippen molar-refractivity contribution in [2.75, 3.05) is 26.9 Å². The van der Waals surface area contributed by atoms with Gasteiger partial charge in [-0.2, -0.15) is 0 Å². The molecule has 2 rings (SSSR count). The molecule has 1 aliphatic rings. The Kier molecular flexibility index (Phi) is 5.55. The normalized spacial score (nSPS) is 27.1. The zero-order valence-corrected chi connectivity index (χ0v) is 13.8. The predicted octanol–water partition coefficient (Wildman–Crippen LogP) is 2.72. The molecule has 2 unspecified atom stereocenters. The summed E-state index contributed by atoms with van der Waals surface area (Å²) in [6, 6.07) is 0. The Hall–Kier alpha value is -0.490. The van der Waals surface area contributed by atoms with Gasteiger partial charge in [-0.25, -0.2) is 4.98 Å². The molecule has 1 saturated heterocycles. The number of aromatic nitrogens is 1. The first-order valence-corrected chi connectivity index (χ1v) is 8.23. The Morgan fingerprint density at radius 1 is 1.60 bits per heavy atom. The Morgan fingerprint density at radius 3 is 3.00 bits per heavy atom. The van der Waals surface area contributed by atoms with E-state index in [9.17, 15) is 0 Å². The first-order valence-electron chi connectivity index (χ1n) is 7.35. The van der Waals surface area contributed by atoms with Crippen LogP contribution in [-0.2, 0) is 15.0 Å². The number of nitrogens with zero attached hydrogens (tertiary/aromatic N) is 1. The van der Waals surface area contributed by atoms with Gasteiger partial charge in [0.25, 0.3) is 0 Å². The van der Waals surface area contributed by atoms with Crippen molar-refractivity contribution in [3.63, 3.8) is 0 Å². The Bertz CT molecular complexity index is 422. The molecular formula is C15H26N2O2S. The fraction of sp³-hybridized carbons (Fsp3) is 0.800. The topological polar surface area (TPSA) is 43.4 Å². The molecule has 1 aliphatic heterocycles. The Labute approximate surface area is 125 Å². The van der Waals surface area contributed by atoms with Crippen molar-refractivity contribution in [2.45, 2.75) is 45.3 Å². The molecule has 5 heteroatoms. The average molecular weight is 298 g/mol. The van der Waals surface area contributed by atoms with Crippen LogP contribution in [0.15, 0.2) is 5.38 Å². The number of rotatable bonds is 6. The summed E-state index contributed by atoms with van der Waals surface area (Å²) < 4.78 is 11.1. The van der Waals surface area contributed by atoms with Gasteiger partial charge < -0.3 is 14.8 Å². The maximum absolute atomic E-state index is 5.93. The number of nitrogens with one attached hydrogen (secondary N) is 1. The van der Waals surface area contributed by atoms with E-state index < -0.39 is 0 Å². The molecule has 1 aromatic rings. The van der Waals surface area contributed by atoms with Crippen LogP contribution in [0.5, 0.6) is 0 Å². The van der Waals surface area contributed by atoms with Crippen molar-refractivity contribution in [1.82, 2.24) is 10.3 Å². The molecule has 2 heterocycles. The molecule has 0 spiro atoms. The summed E-state index contributed by atoms with van der Waals surface area (Å²) >= 11 is 1.76. The van der Waals surface area contributed by atoms with E-state index in [0.29, 0.717) is 12.0 Å². The Morgan fingerprint density at radius 2 is 2.40 bits per heavy atom. The third-order valence-corrected chi connectivity index (χ3v) is 5.12. The van der Waals surface area contributed by atoms with Crippen LogP contribution in [0.1, 0.15) is 37.4 Å². The van der Waals surface area contributed by atoms with E-state index in [-0.39, 0.29) is 5.54 Å². The lowest BCUT2D eigenvalue weighted by Crippen LogP contribution is -2.51. The van der Waals surface area contributed by atoms with Gasteiger partial charge in [0, 0.05) is 31.3 Å². The lowest BCUT2D eigenvalue weighted by atomic mass is 9.83. The van der Waals surface area contributed by atoms with Crippen molar-refractivity contribution in [2.24, 2.45) is 5.92 Å². The molecule has 0 saturated carbocycles. The van der Waals surface area contributed by atoms with E-state index in [1.54, 1.807) is 18.4 Å². The van der Waals surface area contributed by atoms with Gasteiger partial charge in [0.15, 0.2) is 0 Å². The zero-order valence-electron chi connectivity index (χ0n) is 12.9. The highest BCUT2D eigenvalue weighted by Crippen LogP contribution is 2.38. The number of ether oxygens (including phenoxy) is 2. The molecule has 1 fully saturated rings. The van der Waals surface area contributed by atoms with Crippen molar-refractivity contribution < 1.29 is 9.47 Å². The standard InChI is InChI=1S/C15H26N2O2S/c1-11(2)13-9-15(5-7-19-13,16-6-8-18-4)14-17-12(3)10-20-14/h10-11,13,16H,5-9H2,1-4H3. The molecular weight excluding hydrogens is 272 g/mol. The minimum Gasteiger partial charge on any atom is -0.383 e. The highest BCUT2D eigenvalue weighted by Gasteiger charge is 2.41. The fourth-order valence-corrected chi connectivity index (χ4v) is 3.73. The summed E-state index contributed by atoms with van der Waals surface area (Å²) in [6.45, 7) is 8.87. The quantitative estimate of drug-likeness (QED) is 0.820. The molecule has 4 nitrogen and oxygen atoms in total. The van der Waals surface area contributed by atoms with Crippen molar-refractivity contribution in [1.29, 1.82) is 0 Å². The van der Waals surface area contributed by atoms with E-state index in [1.165, 1.54) is 5.01 Å². The number of thiazole rings is 1. The van der Waals surface area contributed by atoms with Gasteiger partial charge in [-0.15, -0.1) is 11.3 Å². The number of hydrogen-bond acceptors (Lipinski definition) is 5. The second-order valence-electron chi connectivity index (χ2n) is 5.90. The average Bonchev–Trinajstić information content (AvgIpc) is 2.87. The molecule has 0 bridgehead atoms. The smallest absolute Gasteiger partial charge is 0.113 e. The van der Waals surface area contributed by atoms with Gasteiger partial charge in [0.2, 0.25) is 0 Å². The van der Waals surface area contributed by atoms with Crippen LogP contribution < -0.4 is 5.32 Å². The van der Waals surface area contributed by atoms with Crippen LogP contribution in [0.4, 0.5) is 0 Å². The van der Waals surface area contributed by atoms with Gasteiger partial charge in [0.05, 0.1) is 18.2 Å². The summed E-state index contributed by atoms with van der Waals surface area (Å²) in [5, 5.41) is 7.02. The van der Waals surface area contributed by atoms with E-state index in [2.05, 4.69) is 31.5 Å². The molecule has 0 radical (unpaired) electrons. The number of aryl methyl sites for hydroxylation is 1. The van der Waals surface area contributed by atoms with E-state index in [0.717, 1.165) is 38.3 Å². The molecule has 20 heavy (non-hydrogen) atoms. The third-order valence-electron chi connectivity index (χ3n) is 3.95. The first kappa shape index (κ1) is 15.9. The highest BCUT2D eigenvalue weighted by molar-refractivity contribution is 7.09. The lowest BCUT2D eigenvalue weighted by molar-refractivity contribution is -0.0544. The minimum absolute atomic E-state index is 0.0509.